The Labute approximate surface area is 149 Å². The van der Waals surface area contributed by atoms with E-state index in [1.165, 1.54) is 22.2 Å². The third kappa shape index (κ3) is 3.49. The third-order valence-electron chi connectivity index (χ3n) is 4.10. The average Bonchev–Trinajstić information content (AvgIpc) is 3.07. The molecule has 0 fully saturated rings. The van der Waals surface area contributed by atoms with E-state index in [1.54, 1.807) is 6.92 Å². The van der Waals surface area contributed by atoms with E-state index in [0.29, 0.717) is 16.8 Å². The summed E-state index contributed by atoms with van der Waals surface area (Å²) in [5.74, 6) is -0.409. The molecule has 0 bridgehead atoms. The van der Waals surface area contributed by atoms with E-state index >= 15 is 0 Å². The summed E-state index contributed by atoms with van der Waals surface area (Å²) in [6.45, 7) is 4.07. The molecule has 0 N–H and O–H groups in total. The summed E-state index contributed by atoms with van der Waals surface area (Å²) in [5, 5.41) is 2.48. The van der Waals surface area contributed by atoms with Gasteiger partial charge in [-0.3, -0.25) is 9.36 Å². The van der Waals surface area contributed by atoms with Gasteiger partial charge in [0.25, 0.3) is 5.56 Å². The van der Waals surface area contributed by atoms with Crippen molar-refractivity contribution < 1.29 is 9.53 Å². The Morgan fingerprint density at radius 2 is 2.08 bits per heavy atom. The minimum Gasteiger partial charge on any atom is -0.464 e. The van der Waals surface area contributed by atoms with E-state index in [2.05, 4.69) is 4.98 Å². The molecule has 0 amide bonds. The molecule has 3 aromatic rings. The fraction of sp³-hybridized carbons (Fsp3) is 0.316. The normalized spacial score (nSPS) is 12.2. The van der Waals surface area contributed by atoms with Crippen molar-refractivity contribution in [2.24, 2.45) is 0 Å². The Balaban J connectivity index is 1.99. The molecular weight excluding hydrogens is 336 g/mol. The van der Waals surface area contributed by atoms with Crippen LogP contribution < -0.4 is 5.56 Å². The van der Waals surface area contributed by atoms with Crippen LogP contribution in [-0.4, -0.2) is 22.1 Å². The van der Waals surface area contributed by atoms with Gasteiger partial charge in [0.05, 0.1) is 18.3 Å². The van der Waals surface area contributed by atoms with Crippen molar-refractivity contribution in [2.75, 3.05) is 6.61 Å². The lowest BCUT2D eigenvalue weighted by Gasteiger charge is -2.14. The Morgan fingerprint density at radius 3 is 2.80 bits per heavy atom. The van der Waals surface area contributed by atoms with Crippen LogP contribution in [0, 0.1) is 0 Å². The molecule has 0 saturated carbocycles. The van der Waals surface area contributed by atoms with Gasteiger partial charge >= 0.3 is 5.97 Å². The van der Waals surface area contributed by atoms with E-state index in [4.69, 9.17) is 4.74 Å². The summed E-state index contributed by atoms with van der Waals surface area (Å²) in [5.41, 5.74) is 1.59. The standard InChI is InChI=1S/C19H20N2O3S/c1-3-4-10-24-19(23)13(2)21-12-20-17-16(18(21)22)15(11-25-17)14-8-6-5-7-9-14/h5-9,11-13H,3-4,10H2,1-2H3/t13-/m0/s1. The Hall–Kier alpha value is -2.47. The Kier molecular flexibility index (Phi) is 5.28. The molecular formula is C19H20N2O3S. The van der Waals surface area contributed by atoms with Gasteiger partial charge in [-0.05, 0) is 18.9 Å². The zero-order chi connectivity index (χ0) is 17.8. The lowest BCUT2D eigenvalue weighted by Crippen LogP contribution is -2.29. The number of carbonyl (C=O) groups excluding carboxylic acids is 1. The van der Waals surface area contributed by atoms with Gasteiger partial charge in [0, 0.05) is 10.9 Å². The van der Waals surface area contributed by atoms with Gasteiger partial charge < -0.3 is 4.74 Å². The molecule has 0 spiro atoms. The maximum atomic E-state index is 13.0. The van der Waals surface area contributed by atoms with Gasteiger partial charge in [-0.15, -0.1) is 11.3 Å². The number of ether oxygens (including phenoxy) is 1. The number of hydrogen-bond donors (Lipinski definition) is 0. The molecule has 0 aliphatic heterocycles. The van der Waals surface area contributed by atoms with Crippen molar-refractivity contribution in [3.8, 4) is 11.1 Å². The highest BCUT2D eigenvalue weighted by atomic mass is 32.1. The number of carbonyl (C=O) groups is 1. The Morgan fingerprint density at radius 1 is 1.32 bits per heavy atom. The summed E-state index contributed by atoms with van der Waals surface area (Å²) < 4.78 is 6.60. The number of nitrogens with zero attached hydrogens (tertiary/aromatic N) is 2. The van der Waals surface area contributed by atoms with Crippen molar-refractivity contribution in [1.29, 1.82) is 0 Å². The fourth-order valence-corrected chi connectivity index (χ4v) is 3.51. The SMILES string of the molecule is CCCCOC(=O)[C@H](C)n1cnc2scc(-c3ccccc3)c2c1=O. The minimum atomic E-state index is -0.704. The van der Waals surface area contributed by atoms with Crippen LogP contribution in [0.4, 0.5) is 0 Å². The van der Waals surface area contributed by atoms with E-state index in [1.807, 2.05) is 42.6 Å². The molecule has 3 rings (SSSR count). The predicted molar refractivity (Wildman–Crippen MR) is 99.9 cm³/mol. The van der Waals surface area contributed by atoms with E-state index in [0.717, 1.165) is 24.0 Å². The van der Waals surface area contributed by atoms with Gasteiger partial charge in [-0.2, -0.15) is 0 Å². The largest absolute Gasteiger partial charge is 0.464 e. The van der Waals surface area contributed by atoms with Gasteiger partial charge in [0.15, 0.2) is 0 Å². The topological polar surface area (TPSA) is 61.2 Å². The number of hydrogen-bond acceptors (Lipinski definition) is 5. The van der Waals surface area contributed by atoms with Crippen LogP contribution in [0.3, 0.4) is 0 Å². The molecule has 0 aliphatic rings. The molecule has 25 heavy (non-hydrogen) atoms. The number of thiophene rings is 1. The highest BCUT2D eigenvalue weighted by Gasteiger charge is 2.21. The molecule has 0 saturated heterocycles. The van der Waals surface area contributed by atoms with Crippen LogP contribution in [0.15, 0.2) is 46.8 Å². The number of esters is 1. The van der Waals surface area contributed by atoms with Crippen LogP contribution in [0.5, 0.6) is 0 Å². The third-order valence-corrected chi connectivity index (χ3v) is 4.99. The number of rotatable bonds is 6. The van der Waals surface area contributed by atoms with E-state index in [9.17, 15) is 9.59 Å². The first-order valence-corrected chi connectivity index (χ1v) is 9.21. The molecule has 1 atom stereocenters. The number of unbranched alkanes of at least 4 members (excludes halogenated alkanes) is 1. The molecule has 0 aliphatic carbocycles. The summed E-state index contributed by atoms with van der Waals surface area (Å²) in [6.07, 6.45) is 3.19. The van der Waals surface area contributed by atoms with Crippen LogP contribution in [-0.2, 0) is 9.53 Å². The quantitative estimate of drug-likeness (QED) is 0.494. The smallest absolute Gasteiger partial charge is 0.328 e. The van der Waals surface area contributed by atoms with Gasteiger partial charge in [-0.25, -0.2) is 9.78 Å². The Bertz CT molecular complexity index is 931. The van der Waals surface area contributed by atoms with Crippen molar-refractivity contribution >= 4 is 27.5 Å². The average molecular weight is 356 g/mol. The number of fused-ring (bicyclic) bond motifs is 1. The highest BCUT2D eigenvalue weighted by Crippen LogP contribution is 2.30. The maximum Gasteiger partial charge on any atom is 0.328 e. The summed E-state index contributed by atoms with van der Waals surface area (Å²) in [6, 6.07) is 9.01. The van der Waals surface area contributed by atoms with Crippen molar-refractivity contribution in [1.82, 2.24) is 9.55 Å². The second kappa shape index (κ2) is 7.61. The summed E-state index contributed by atoms with van der Waals surface area (Å²) in [4.78, 5) is 30.2. The molecule has 130 valence electrons. The predicted octanol–water partition coefficient (Wildman–Crippen LogP) is 4.03. The lowest BCUT2D eigenvalue weighted by molar-refractivity contribution is -0.147. The number of benzene rings is 1. The first-order chi connectivity index (χ1) is 12.1. The van der Waals surface area contributed by atoms with Crippen LogP contribution in [0.25, 0.3) is 21.3 Å². The van der Waals surface area contributed by atoms with Crippen molar-refractivity contribution in [2.45, 2.75) is 32.7 Å². The fourth-order valence-electron chi connectivity index (χ4n) is 2.60. The molecule has 5 nitrogen and oxygen atoms in total. The highest BCUT2D eigenvalue weighted by molar-refractivity contribution is 7.17. The van der Waals surface area contributed by atoms with E-state index in [-0.39, 0.29) is 5.56 Å². The first kappa shape index (κ1) is 17.4. The van der Waals surface area contributed by atoms with Crippen LogP contribution >= 0.6 is 11.3 Å². The molecule has 1 aromatic carbocycles. The monoisotopic (exact) mass is 356 g/mol. The maximum absolute atomic E-state index is 13.0. The minimum absolute atomic E-state index is 0.218. The molecule has 6 heteroatoms. The summed E-state index contributed by atoms with van der Waals surface area (Å²) >= 11 is 1.43. The number of aromatic nitrogens is 2. The molecule has 0 unspecified atom stereocenters. The lowest BCUT2D eigenvalue weighted by atomic mass is 10.1. The van der Waals surface area contributed by atoms with Gasteiger partial charge in [0.1, 0.15) is 10.9 Å². The first-order valence-electron chi connectivity index (χ1n) is 8.34. The zero-order valence-electron chi connectivity index (χ0n) is 14.3. The van der Waals surface area contributed by atoms with Crippen molar-refractivity contribution in [3.63, 3.8) is 0 Å². The van der Waals surface area contributed by atoms with Gasteiger partial charge in [-0.1, -0.05) is 43.7 Å². The molecule has 0 radical (unpaired) electrons. The molecule has 2 aromatic heterocycles. The van der Waals surface area contributed by atoms with Crippen LogP contribution in [0.1, 0.15) is 32.7 Å². The second-order valence-electron chi connectivity index (χ2n) is 5.85. The van der Waals surface area contributed by atoms with Gasteiger partial charge in [0.2, 0.25) is 0 Å². The van der Waals surface area contributed by atoms with E-state index < -0.39 is 12.0 Å². The summed E-state index contributed by atoms with van der Waals surface area (Å²) in [7, 11) is 0. The second-order valence-corrected chi connectivity index (χ2v) is 6.71. The van der Waals surface area contributed by atoms with Crippen LogP contribution in [0.2, 0.25) is 0 Å². The zero-order valence-corrected chi connectivity index (χ0v) is 15.1. The molecule has 2 heterocycles. The van der Waals surface area contributed by atoms with Crippen molar-refractivity contribution in [3.05, 3.63) is 52.4 Å².